The molecule has 1 N–H and O–H groups in total. The molecule has 0 saturated carbocycles. The van der Waals surface area contributed by atoms with E-state index in [2.05, 4.69) is 0 Å². The highest BCUT2D eigenvalue weighted by Gasteiger charge is 2.52. The molecular formula is C27H26ClNO7. The van der Waals surface area contributed by atoms with E-state index >= 15 is 0 Å². The number of aliphatic hydroxyl groups excluding tert-OH is 1. The maximum atomic E-state index is 12.7. The van der Waals surface area contributed by atoms with Crippen molar-refractivity contribution >= 4 is 17.7 Å². The Balaban J connectivity index is 0.00000361. The highest BCUT2D eigenvalue weighted by molar-refractivity contribution is 5.93. The number of benzene rings is 2. The summed E-state index contributed by atoms with van der Waals surface area (Å²) in [5.74, 6) is -1.35. The summed E-state index contributed by atoms with van der Waals surface area (Å²) < 4.78 is 18.7. The molecule has 0 bridgehead atoms. The molecule has 1 saturated heterocycles. The van der Waals surface area contributed by atoms with Gasteiger partial charge in [0, 0.05) is 5.56 Å². The second kappa shape index (κ2) is 11.9. The topological polar surface area (TPSA) is 103 Å². The van der Waals surface area contributed by atoms with Gasteiger partial charge in [0.2, 0.25) is 0 Å². The average molecular weight is 512 g/mol. The lowest BCUT2D eigenvalue weighted by Gasteiger charge is -2.19. The number of aromatic nitrogens is 1. The van der Waals surface area contributed by atoms with Gasteiger partial charge in [0.15, 0.2) is 30.4 Å². The van der Waals surface area contributed by atoms with Gasteiger partial charge in [0.25, 0.3) is 6.23 Å². The third-order valence-corrected chi connectivity index (χ3v) is 5.67. The summed E-state index contributed by atoms with van der Waals surface area (Å²) in [5.41, 5.74) is 1.90. The Hall–Kier alpha value is -3.59. The molecule has 0 unspecified atom stereocenters. The van der Waals surface area contributed by atoms with Gasteiger partial charge in [-0.3, -0.25) is 4.79 Å². The Morgan fingerprint density at radius 2 is 1.50 bits per heavy atom. The lowest BCUT2D eigenvalue weighted by molar-refractivity contribution is -0.766. The maximum Gasteiger partial charge on any atom is 0.338 e. The molecule has 0 amide bonds. The summed E-state index contributed by atoms with van der Waals surface area (Å²) in [4.78, 5) is 37.1. The fourth-order valence-corrected chi connectivity index (χ4v) is 3.92. The Labute approximate surface area is 214 Å². The molecule has 188 valence electrons. The van der Waals surface area contributed by atoms with Crippen molar-refractivity contribution in [2.24, 2.45) is 0 Å². The van der Waals surface area contributed by atoms with Crippen molar-refractivity contribution in [2.75, 3.05) is 6.61 Å². The van der Waals surface area contributed by atoms with Crippen LogP contribution in [0.4, 0.5) is 0 Å². The van der Waals surface area contributed by atoms with Gasteiger partial charge in [-0.05, 0) is 44.2 Å². The number of hydrogen-bond donors (Lipinski definition) is 1. The average Bonchev–Trinajstić information content (AvgIpc) is 3.18. The van der Waals surface area contributed by atoms with Crippen molar-refractivity contribution in [3.63, 3.8) is 0 Å². The van der Waals surface area contributed by atoms with Crippen LogP contribution in [0.15, 0.2) is 79.1 Å². The third kappa shape index (κ3) is 6.15. The van der Waals surface area contributed by atoms with E-state index in [1.807, 2.05) is 6.92 Å². The third-order valence-electron chi connectivity index (χ3n) is 5.67. The molecular weight excluding hydrogens is 486 g/mol. The van der Waals surface area contributed by atoms with Crippen molar-refractivity contribution in [3.8, 4) is 0 Å². The van der Waals surface area contributed by atoms with Gasteiger partial charge in [-0.1, -0.05) is 36.4 Å². The van der Waals surface area contributed by atoms with Crippen LogP contribution in [0.5, 0.6) is 0 Å². The van der Waals surface area contributed by atoms with E-state index in [4.69, 9.17) is 14.2 Å². The number of esters is 2. The van der Waals surface area contributed by atoms with E-state index in [1.54, 1.807) is 83.7 Å². The first-order chi connectivity index (χ1) is 16.8. The molecule has 8 nitrogen and oxygen atoms in total. The molecule has 1 aliphatic rings. The number of halogens is 1. The fourth-order valence-electron chi connectivity index (χ4n) is 3.92. The molecule has 0 radical (unpaired) electrons. The SMILES string of the molecule is CC(=O)c1cc(C)c[n+]([C@@H]2O[C@H](COC(=O)c3ccccc3)[C@@H](OC(=O)c3ccccc3)[C@H]2O)c1.[Cl-]. The van der Waals surface area contributed by atoms with Gasteiger partial charge >= 0.3 is 11.9 Å². The van der Waals surface area contributed by atoms with Crippen LogP contribution in [-0.4, -0.2) is 47.7 Å². The number of carbonyl (C=O) groups is 3. The van der Waals surface area contributed by atoms with Crippen LogP contribution in [0.1, 0.15) is 49.8 Å². The predicted molar refractivity (Wildman–Crippen MR) is 124 cm³/mol. The standard InChI is InChI=1S/C27H26NO7.ClH/c1-17-13-21(18(2)29)15-28(14-17)25-23(30)24(35-27(32)20-11-7-4-8-12-20)22(34-25)16-33-26(31)19-9-5-3-6-10-19;/h3-15,22-25,30H,16H2,1-2H3;1H/q+1;/p-1/t22-,23-,24-,25-;/m1./s1. The van der Waals surface area contributed by atoms with Crippen LogP contribution in [0.2, 0.25) is 0 Å². The fraction of sp³-hybridized carbons (Fsp3) is 0.259. The quantitative estimate of drug-likeness (QED) is 0.267. The van der Waals surface area contributed by atoms with Gasteiger partial charge in [-0.2, -0.15) is 4.57 Å². The first kappa shape index (κ1) is 27.0. The van der Waals surface area contributed by atoms with Crippen molar-refractivity contribution in [1.82, 2.24) is 0 Å². The Bertz CT molecular complexity index is 1220. The molecule has 4 atom stereocenters. The van der Waals surface area contributed by atoms with Gasteiger partial charge in [-0.15, -0.1) is 0 Å². The molecule has 36 heavy (non-hydrogen) atoms. The molecule has 2 heterocycles. The second-order valence-electron chi connectivity index (χ2n) is 8.36. The second-order valence-corrected chi connectivity index (χ2v) is 8.36. The normalized spacial score (nSPS) is 20.8. The summed E-state index contributed by atoms with van der Waals surface area (Å²) >= 11 is 0. The van der Waals surface area contributed by atoms with Crippen molar-refractivity contribution < 1.29 is 50.7 Å². The minimum Gasteiger partial charge on any atom is -1.00 e. The predicted octanol–water partition coefficient (Wildman–Crippen LogP) is -0.170. The van der Waals surface area contributed by atoms with Crippen LogP contribution < -0.4 is 17.0 Å². The Kier molecular flexibility index (Phi) is 8.93. The number of Topliss-reactive ketones (excluding diaryl/α,β-unsaturated/α-hetero) is 1. The molecule has 2 aromatic carbocycles. The van der Waals surface area contributed by atoms with E-state index in [9.17, 15) is 19.5 Å². The summed E-state index contributed by atoms with van der Waals surface area (Å²) in [6.45, 7) is 3.01. The molecule has 3 aromatic rings. The molecule has 1 fully saturated rings. The van der Waals surface area contributed by atoms with Crippen LogP contribution in [0, 0.1) is 6.92 Å². The molecule has 9 heteroatoms. The van der Waals surface area contributed by atoms with Gasteiger partial charge in [-0.25, -0.2) is 9.59 Å². The minimum atomic E-state index is -1.28. The van der Waals surface area contributed by atoms with E-state index in [0.29, 0.717) is 16.7 Å². The zero-order valence-electron chi connectivity index (χ0n) is 19.7. The van der Waals surface area contributed by atoms with Crippen LogP contribution in [0.3, 0.4) is 0 Å². The van der Waals surface area contributed by atoms with Crippen molar-refractivity contribution in [1.29, 1.82) is 0 Å². The highest BCUT2D eigenvalue weighted by atomic mass is 35.5. The van der Waals surface area contributed by atoms with Gasteiger partial charge in [0.1, 0.15) is 12.7 Å². The van der Waals surface area contributed by atoms with Crippen LogP contribution >= 0.6 is 0 Å². The number of ether oxygens (including phenoxy) is 3. The number of aryl methyl sites for hydroxylation is 1. The van der Waals surface area contributed by atoms with Crippen molar-refractivity contribution in [2.45, 2.75) is 38.4 Å². The van der Waals surface area contributed by atoms with Gasteiger partial charge < -0.3 is 31.7 Å². The molecule has 4 rings (SSSR count). The molecule has 1 aromatic heterocycles. The summed E-state index contributed by atoms with van der Waals surface area (Å²) in [6.07, 6.45) is -1.03. The lowest BCUT2D eigenvalue weighted by Crippen LogP contribution is -3.00. The monoisotopic (exact) mass is 511 g/mol. The van der Waals surface area contributed by atoms with Crippen molar-refractivity contribution in [3.05, 3.63) is 101 Å². The molecule has 0 spiro atoms. The Morgan fingerprint density at radius 3 is 2.08 bits per heavy atom. The summed E-state index contributed by atoms with van der Waals surface area (Å²) in [6, 6.07) is 18.6. The zero-order chi connectivity index (χ0) is 24.9. The van der Waals surface area contributed by atoms with Crippen LogP contribution in [0.25, 0.3) is 0 Å². The number of pyridine rings is 1. The lowest BCUT2D eigenvalue weighted by atomic mass is 10.1. The largest absolute Gasteiger partial charge is 1.00 e. The molecule has 1 aliphatic heterocycles. The zero-order valence-corrected chi connectivity index (χ0v) is 20.5. The Morgan fingerprint density at radius 1 is 0.917 bits per heavy atom. The number of aliphatic hydroxyl groups is 1. The van der Waals surface area contributed by atoms with E-state index in [-0.39, 0.29) is 24.8 Å². The number of ketones is 1. The van der Waals surface area contributed by atoms with E-state index in [0.717, 1.165) is 5.56 Å². The number of nitrogens with zero attached hydrogens (tertiary/aromatic N) is 1. The van der Waals surface area contributed by atoms with Gasteiger partial charge in [0.05, 0.1) is 16.7 Å². The molecule has 0 aliphatic carbocycles. The summed E-state index contributed by atoms with van der Waals surface area (Å²) in [5, 5.41) is 11.1. The first-order valence-corrected chi connectivity index (χ1v) is 11.2. The van der Waals surface area contributed by atoms with Crippen LogP contribution in [-0.2, 0) is 14.2 Å². The minimum absolute atomic E-state index is 0. The number of hydrogen-bond acceptors (Lipinski definition) is 7. The number of rotatable bonds is 7. The maximum absolute atomic E-state index is 12.7. The van der Waals surface area contributed by atoms with E-state index in [1.165, 1.54) is 6.92 Å². The summed E-state index contributed by atoms with van der Waals surface area (Å²) in [7, 11) is 0. The smallest absolute Gasteiger partial charge is 0.338 e. The highest BCUT2D eigenvalue weighted by Crippen LogP contribution is 2.29. The number of carbonyl (C=O) groups excluding carboxylic acids is 3. The first-order valence-electron chi connectivity index (χ1n) is 11.2. The van der Waals surface area contributed by atoms with E-state index < -0.39 is 36.5 Å².